The SMILES string of the molecule is CC1CCC(CCNCCC2CCCO2)CC1. The minimum atomic E-state index is 0.554. The van der Waals surface area contributed by atoms with Gasteiger partial charge in [0.05, 0.1) is 6.10 Å². The molecule has 0 amide bonds. The molecule has 1 saturated heterocycles. The number of hydrogen-bond acceptors (Lipinski definition) is 2. The van der Waals surface area contributed by atoms with Gasteiger partial charge in [0, 0.05) is 6.61 Å². The Morgan fingerprint density at radius 2 is 1.76 bits per heavy atom. The van der Waals surface area contributed by atoms with E-state index in [1.807, 2.05) is 0 Å². The monoisotopic (exact) mass is 239 g/mol. The van der Waals surface area contributed by atoms with E-state index in [-0.39, 0.29) is 0 Å². The summed E-state index contributed by atoms with van der Waals surface area (Å²) in [5, 5.41) is 3.59. The third kappa shape index (κ3) is 4.97. The zero-order valence-electron chi connectivity index (χ0n) is 11.4. The highest BCUT2D eigenvalue weighted by Crippen LogP contribution is 2.29. The third-order valence-corrected chi connectivity index (χ3v) is 4.53. The maximum atomic E-state index is 5.62. The highest BCUT2D eigenvalue weighted by molar-refractivity contribution is 4.71. The van der Waals surface area contributed by atoms with Crippen molar-refractivity contribution in [2.75, 3.05) is 19.7 Å². The van der Waals surface area contributed by atoms with Crippen molar-refractivity contribution in [3.8, 4) is 0 Å². The van der Waals surface area contributed by atoms with Gasteiger partial charge in [0.2, 0.25) is 0 Å². The highest BCUT2D eigenvalue weighted by atomic mass is 16.5. The van der Waals surface area contributed by atoms with Gasteiger partial charge >= 0.3 is 0 Å². The van der Waals surface area contributed by atoms with Crippen LogP contribution in [-0.2, 0) is 4.74 Å². The second kappa shape index (κ2) is 7.38. The lowest BCUT2D eigenvalue weighted by Gasteiger charge is -2.26. The van der Waals surface area contributed by atoms with Gasteiger partial charge in [0.25, 0.3) is 0 Å². The standard InChI is InChI=1S/C15H29NO/c1-13-4-6-14(7-5-13)8-10-16-11-9-15-3-2-12-17-15/h13-16H,2-12H2,1H3. The smallest absolute Gasteiger partial charge is 0.0588 e. The molecule has 1 unspecified atom stereocenters. The van der Waals surface area contributed by atoms with Gasteiger partial charge in [-0.05, 0) is 50.6 Å². The van der Waals surface area contributed by atoms with E-state index in [2.05, 4.69) is 12.2 Å². The summed E-state index contributed by atoms with van der Waals surface area (Å²) in [6.45, 7) is 5.75. The van der Waals surface area contributed by atoms with Gasteiger partial charge in [-0.1, -0.05) is 32.6 Å². The Morgan fingerprint density at radius 1 is 1.00 bits per heavy atom. The second-order valence-electron chi connectivity index (χ2n) is 6.09. The summed E-state index contributed by atoms with van der Waals surface area (Å²) < 4.78 is 5.62. The molecule has 1 N–H and O–H groups in total. The van der Waals surface area contributed by atoms with Gasteiger partial charge in [-0.2, -0.15) is 0 Å². The lowest BCUT2D eigenvalue weighted by Crippen LogP contribution is -2.24. The number of rotatable bonds is 6. The fourth-order valence-electron chi connectivity index (χ4n) is 3.18. The van der Waals surface area contributed by atoms with E-state index in [1.165, 1.54) is 57.9 Å². The van der Waals surface area contributed by atoms with Crippen LogP contribution >= 0.6 is 0 Å². The molecule has 17 heavy (non-hydrogen) atoms. The molecule has 2 heteroatoms. The van der Waals surface area contributed by atoms with Crippen LogP contribution in [0.1, 0.15) is 58.3 Å². The van der Waals surface area contributed by atoms with Gasteiger partial charge in [-0.15, -0.1) is 0 Å². The van der Waals surface area contributed by atoms with Crippen LogP contribution in [0.2, 0.25) is 0 Å². The normalized spacial score (nSPS) is 34.1. The molecular formula is C15H29NO. The average molecular weight is 239 g/mol. The van der Waals surface area contributed by atoms with E-state index >= 15 is 0 Å². The Bertz CT molecular complexity index is 193. The molecule has 2 fully saturated rings. The second-order valence-corrected chi connectivity index (χ2v) is 6.09. The molecule has 0 aromatic heterocycles. The van der Waals surface area contributed by atoms with E-state index < -0.39 is 0 Å². The fourth-order valence-corrected chi connectivity index (χ4v) is 3.18. The van der Waals surface area contributed by atoms with E-state index in [4.69, 9.17) is 4.74 Å². The quantitative estimate of drug-likeness (QED) is 0.718. The maximum absolute atomic E-state index is 5.62. The van der Waals surface area contributed by atoms with Gasteiger partial charge < -0.3 is 10.1 Å². The lowest BCUT2D eigenvalue weighted by molar-refractivity contribution is 0.104. The van der Waals surface area contributed by atoms with Crippen molar-refractivity contribution in [3.05, 3.63) is 0 Å². The molecule has 1 aliphatic carbocycles. The topological polar surface area (TPSA) is 21.3 Å². The van der Waals surface area contributed by atoms with Crippen LogP contribution < -0.4 is 5.32 Å². The summed E-state index contributed by atoms with van der Waals surface area (Å²) in [6, 6.07) is 0. The molecule has 0 spiro atoms. The molecule has 0 bridgehead atoms. The molecule has 2 aliphatic rings. The maximum Gasteiger partial charge on any atom is 0.0588 e. The zero-order valence-corrected chi connectivity index (χ0v) is 11.4. The number of hydrogen-bond donors (Lipinski definition) is 1. The summed E-state index contributed by atoms with van der Waals surface area (Å²) >= 11 is 0. The van der Waals surface area contributed by atoms with Crippen molar-refractivity contribution in [1.29, 1.82) is 0 Å². The van der Waals surface area contributed by atoms with Crippen molar-refractivity contribution in [1.82, 2.24) is 5.32 Å². The van der Waals surface area contributed by atoms with Crippen molar-refractivity contribution in [3.63, 3.8) is 0 Å². The summed E-state index contributed by atoms with van der Waals surface area (Å²) in [6.07, 6.45) is 11.6. The van der Waals surface area contributed by atoms with Gasteiger partial charge in [-0.3, -0.25) is 0 Å². The van der Waals surface area contributed by atoms with E-state index in [1.54, 1.807) is 0 Å². The first-order valence-electron chi connectivity index (χ1n) is 7.67. The van der Waals surface area contributed by atoms with Crippen molar-refractivity contribution in [2.45, 2.75) is 64.4 Å². The molecule has 1 atom stereocenters. The van der Waals surface area contributed by atoms with E-state index in [0.717, 1.165) is 25.0 Å². The molecule has 1 saturated carbocycles. The third-order valence-electron chi connectivity index (χ3n) is 4.53. The van der Waals surface area contributed by atoms with Crippen LogP contribution in [0.3, 0.4) is 0 Å². The van der Waals surface area contributed by atoms with Gasteiger partial charge in [0.15, 0.2) is 0 Å². The highest BCUT2D eigenvalue weighted by Gasteiger charge is 2.18. The predicted molar refractivity (Wildman–Crippen MR) is 72.2 cm³/mol. The Kier molecular flexibility index (Phi) is 5.79. The van der Waals surface area contributed by atoms with E-state index in [0.29, 0.717) is 6.10 Å². The fraction of sp³-hybridized carbons (Fsp3) is 1.00. The van der Waals surface area contributed by atoms with Gasteiger partial charge in [-0.25, -0.2) is 0 Å². The average Bonchev–Trinajstić information content (AvgIpc) is 2.84. The first kappa shape index (κ1) is 13.4. The Morgan fingerprint density at radius 3 is 2.47 bits per heavy atom. The summed E-state index contributed by atoms with van der Waals surface area (Å²) in [4.78, 5) is 0. The van der Waals surface area contributed by atoms with Crippen molar-refractivity contribution < 1.29 is 4.74 Å². The molecule has 0 aromatic carbocycles. The van der Waals surface area contributed by atoms with Crippen LogP contribution in [0, 0.1) is 11.8 Å². The van der Waals surface area contributed by atoms with Crippen molar-refractivity contribution >= 4 is 0 Å². The largest absolute Gasteiger partial charge is 0.378 e. The molecule has 0 aromatic rings. The first-order valence-corrected chi connectivity index (χ1v) is 7.67. The Balaban J connectivity index is 1.43. The van der Waals surface area contributed by atoms with E-state index in [9.17, 15) is 0 Å². The first-order chi connectivity index (χ1) is 8.34. The molecule has 2 nitrogen and oxygen atoms in total. The molecular weight excluding hydrogens is 210 g/mol. The lowest BCUT2D eigenvalue weighted by atomic mass is 9.81. The van der Waals surface area contributed by atoms with Crippen LogP contribution in [0.5, 0.6) is 0 Å². The zero-order chi connectivity index (χ0) is 11.9. The number of nitrogens with one attached hydrogen (secondary N) is 1. The Labute approximate surface area is 107 Å². The number of ether oxygens (including phenoxy) is 1. The summed E-state index contributed by atoms with van der Waals surface area (Å²) in [5.74, 6) is 1.99. The van der Waals surface area contributed by atoms with Crippen LogP contribution in [0.25, 0.3) is 0 Å². The Hall–Kier alpha value is -0.0800. The molecule has 1 heterocycles. The van der Waals surface area contributed by atoms with Gasteiger partial charge in [0.1, 0.15) is 0 Å². The minimum absolute atomic E-state index is 0.554. The molecule has 2 rings (SSSR count). The molecule has 0 radical (unpaired) electrons. The van der Waals surface area contributed by atoms with Crippen LogP contribution in [0.4, 0.5) is 0 Å². The summed E-state index contributed by atoms with van der Waals surface area (Å²) in [7, 11) is 0. The molecule has 100 valence electrons. The summed E-state index contributed by atoms with van der Waals surface area (Å²) in [5.41, 5.74) is 0. The van der Waals surface area contributed by atoms with Crippen LogP contribution in [0.15, 0.2) is 0 Å². The minimum Gasteiger partial charge on any atom is -0.378 e. The molecule has 1 aliphatic heterocycles. The van der Waals surface area contributed by atoms with Crippen molar-refractivity contribution in [2.24, 2.45) is 11.8 Å². The van der Waals surface area contributed by atoms with Crippen LogP contribution in [-0.4, -0.2) is 25.8 Å². The predicted octanol–water partition coefficient (Wildman–Crippen LogP) is 3.36.